The van der Waals surface area contributed by atoms with Crippen LogP contribution in [0, 0.1) is 0 Å². The topological polar surface area (TPSA) is 102 Å². The Morgan fingerprint density at radius 3 is 2.64 bits per heavy atom. The smallest absolute Gasteiger partial charge is 0.320 e. The van der Waals surface area contributed by atoms with Crippen LogP contribution < -0.4 is 11.5 Å². The number of nitrogens with two attached hydrogens (primary N) is 2. The van der Waals surface area contributed by atoms with Crippen LogP contribution in [-0.2, 0) is 4.79 Å². The molecule has 80 valence electrons. The van der Waals surface area contributed by atoms with Gasteiger partial charge in [-0.25, -0.2) is 0 Å². The van der Waals surface area contributed by atoms with E-state index in [9.17, 15) is 4.79 Å². The Bertz CT molecular complexity index is 244. The van der Waals surface area contributed by atoms with E-state index in [4.69, 9.17) is 16.6 Å². The van der Waals surface area contributed by atoms with Gasteiger partial charge in [-0.15, -0.1) is 0 Å². The van der Waals surface area contributed by atoms with E-state index in [1.54, 1.807) is 19.1 Å². The molecular weight excluding hydrogens is 182 g/mol. The number of carboxylic acid groups (broad SMARTS) is 1. The van der Waals surface area contributed by atoms with Gasteiger partial charge in [-0.05, 0) is 20.3 Å². The third-order valence-electron chi connectivity index (χ3n) is 1.53. The molecule has 5 N–H and O–H groups in total. The summed E-state index contributed by atoms with van der Waals surface area (Å²) in [6.45, 7) is 3.56. The summed E-state index contributed by atoms with van der Waals surface area (Å²) in [7, 11) is 0. The van der Waals surface area contributed by atoms with Crippen molar-refractivity contribution >= 4 is 11.8 Å². The molecular formula is C9H17N3O2. The first-order valence-electron chi connectivity index (χ1n) is 4.38. The molecule has 5 nitrogen and oxygen atoms in total. The number of carbonyl (C=O) groups is 1. The molecule has 0 aliphatic rings. The molecule has 5 heteroatoms. The van der Waals surface area contributed by atoms with E-state index in [0.717, 1.165) is 0 Å². The molecule has 14 heavy (non-hydrogen) atoms. The normalized spacial score (nSPS) is 16.9. The first-order valence-corrected chi connectivity index (χ1v) is 4.38. The molecule has 0 fully saturated rings. The number of amidine groups is 1. The average Bonchev–Trinajstić information content (AvgIpc) is 2.02. The summed E-state index contributed by atoms with van der Waals surface area (Å²) in [5, 5.41) is 8.49. The molecule has 0 bridgehead atoms. The summed E-state index contributed by atoms with van der Waals surface area (Å²) in [6, 6.07) is -0.887. The highest BCUT2D eigenvalue weighted by molar-refractivity contribution is 5.77. The van der Waals surface area contributed by atoms with Gasteiger partial charge in [0.2, 0.25) is 0 Å². The third kappa shape index (κ3) is 6.19. The molecule has 0 aliphatic carbocycles. The van der Waals surface area contributed by atoms with Crippen molar-refractivity contribution < 1.29 is 9.90 Å². The lowest BCUT2D eigenvalue weighted by Crippen LogP contribution is -2.29. The Morgan fingerprint density at radius 1 is 1.64 bits per heavy atom. The van der Waals surface area contributed by atoms with Gasteiger partial charge in [-0.2, -0.15) is 0 Å². The fourth-order valence-electron chi connectivity index (χ4n) is 0.887. The quantitative estimate of drug-likeness (QED) is 0.332. The Morgan fingerprint density at radius 2 is 2.21 bits per heavy atom. The van der Waals surface area contributed by atoms with Crippen molar-refractivity contribution in [1.29, 1.82) is 0 Å². The van der Waals surface area contributed by atoms with Crippen molar-refractivity contribution in [3.8, 4) is 0 Å². The highest BCUT2D eigenvalue weighted by atomic mass is 16.4. The van der Waals surface area contributed by atoms with Gasteiger partial charge in [0.05, 0.1) is 11.9 Å². The van der Waals surface area contributed by atoms with Crippen LogP contribution in [0.25, 0.3) is 0 Å². The van der Waals surface area contributed by atoms with Crippen molar-refractivity contribution in [2.75, 3.05) is 0 Å². The van der Waals surface area contributed by atoms with Crippen LogP contribution in [0.15, 0.2) is 17.1 Å². The highest BCUT2D eigenvalue weighted by Gasteiger charge is 2.08. The van der Waals surface area contributed by atoms with E-state index in [-0.39, 0.29) is 6.04 Å². The fraction of sp³-hybridized carbons (Fsp3) is 0.556. The highest BCUT2D eigenvalue weighted by Crippen LogP contribution is 1.96. The van der Waals surface area contributed by atoms with Gasteiger partial charge in [0.1, 0.15) is 6.04 Å². The summed E-state index contributed by atoms with van der Waals surface area (Å²) in [4.78, 5) is 14.4. The second kappa shape index (κ2) is 6.15. The number of nitrogens with zero attached hydrogens (tertiary/aromatic N) is 1. The molecule has 0 aromatic rings. The summed E-state index contributed by atoms with van der Waals surface area (Å²) in [6.07, 6.45) is 3.79. The van der Waals surface area contributed by atoms with Crippen molar-refractivity contribution in [2.24, 2.45) is 16.5 Å². The van der Waals surface area contributed by atoms with Gasteiger partial charge in [0, 0.05) is 0 Å². The van der Waals surface area contributed by atoms with E-state index >= 15 is 0 Å². The second-order valence-electron chi connectivity index (χ2n) is 3.12. The van der Waals surface area contributed by atoms with Gasteiger partial charge in [0.25, 0.3) is 0 Å². The predicted molar refractivity (Wildman–Crippen MR) is 56.1 cm³/mol. The Labute approximate surface area is 83.5 Å². The molecule has 2 atom stereocenters. The van der Waals surface area contributed by atoms with Crippen LogP contribution in [0.3, 0.4) is 0 Å². The zero-order valence-corrected chi connectivity index (χ0v) is 8.47. The maximum Gasteiger partial charge on any atom is 0.320 e. The fourth-order valence-corrected chi connectivity index (χ4v) is 0.887. The standard InChI is InChI=1S/C9H17N3O2/c1-6(12-7(2)10)4-3-5-8(11)9(13)14/h3-4,6,8H,5,11H2,1-2H3,(H2,10,12)(H,13,14)/b4-3-/t6?,8-/m1/s1. The molecule has 0 aromatic heterocycles. The van der Waals surface area contributed by atoms with Crippen LogP contribution in [0.4, 0.5) is 0 Å². The van der Waals surface area contributed by atoms with E-state index in [0.29, 0.717) is 12.3 Å². The summed E-state index contributed by atoms with van der Waals surface area (Å²) in [5.41, 5.74) is 10.7. The Kier molecular flexibility index (Phi) is 5.55. The minimum atomic E-state index is -0.999. The Balaban J connectivity index is 3.95. The zero-order valence-electron chi connectivity index (χ0n) is 8.47. The molecule has 0 radical (unpaired) electrons. The molecule has 0 rings (SSSR count). The molecule has 0 heterocycles. The number of hydrogen-bond acceptors (Lipinski definition) is 3. The monoisotopic (exact) mass is 199 g/mol. The van der Waals surface area contributed by atoms with Crippen LogP contribution >= 0.6 is 0 Å². The van der Waals surface area contributed by atoms with Gasteiger partial charge in [-0.1, -0.05) is 12.2 Å². The van der Waals surface area contributed by atoms with Crippen LogP contribution in [0.2, 0.25) is 0 Å². The minimum Gasteiger partial charge on any atom is -0.480 e. The summed E-state index contributed by atoms with van der Waals surface area (Å²) < 4.78 is 0. The van der Waals surface area contributed by atoms with Crippen molar-refractivity contribution in [2.45, 2.75) is 32.4 Å². The lowest BCUT2D eigenvalue weighted by atomic mass is 10.2. The van der Waals surface area contributed by atoms with Crippen molar-refractivity contribution in [1.82, 2.24) is 0 Å². The Hall–Kier alpha value is -1.36. The summed E-state index contributed by atoms with van der Waals surface area (Å²) >= 11 is 0. The number of hydrogen-bond donors (Lipinski definition) is 3. The number of aliphatic carboxylic acids is 1. The molecule has 0 saturated heterocycles. The zero-order chi connectivity index (χ0) is 11.1. The van der Waals surface area contributed by atoms with E-state index in [1.165, 1.54) is 0 Å². The van der Waals surface area contributed by atoms with E-state index in [2.05, 4.69) is 4.99 Å². The third-order valence-corrected chi connectivity index (χ3v) is 1.53. The van der Waals surface area contributed by atoms with Gasteiger partial charge in [0.15, 0.2) is 0 Å². The maximum atomic E-state index is 10.3. The number of aliphatic imine (C=N–C) groups is 1. The average molecular weight is 199 g/mol. The molecule has 0 aliphatic heterocycles. The summed E-state index contributed by atoms with van der Waals surface area (Å²) in [5.74, 6) is -0.495. The van der Waals surface area contributed by atoms with Gasteiger partial charge < -0.3 is 16.6 Å². The van der Waals surface area contributed by atoms with Gasteiger partial charge in [-0.3, -0.25) is 9.79 Å². The predicted octanol–water partition coefficient (Wildman–Crippen LogP) is 0.110. The SMILES string of the molecule is CC(N)=NC(C)/C=C\C[C@@H](N)C(=O)O. The molecule has 0 aromatic carbocycles. The first kappa shape index (κ1) is 12.6. The maximum absolute atomic E-state index is 10.3. The van der Waals surface area contributed by atoms with E-state index in [1.807, 2.05) is 6.92 Å². The minimum absolute atomic E-state index is 0.0407. The molecule has 1 unspecified atom stereocenters. The largest absolute Gasteiger partial charge is 0.480 e. The molecule has 0 spiro atoms. The van der Waals surface area contributed by atoms with Crippen LogP contribution in [0.5, 0.6) is 0 Å². The van der Waals surface area contributed by atoms with Crippen molar-refractivity contribution in [3.63, 3.8) is 0 Å². The lowest BCUT2D eigenvalue weighted by Gasteiger charge is -2.02. The second-order valence-corrected chi connectivity index (χ2v) is 3.12. The number of rotatable bonds is 5. The van der Waals surface area contributed by atoms with E-state index < -0.39 is 12.0 Å². The van der Waals surface area contributed by atoms with Gasteiger partial charge >= 0.3 is 5.97 Å². The van der Waals surface area contributed by atoms with Crippen LogP contribution in [-0.4, -0.2) is 29.0 Å². The number of carboxylic acids is 1. The first-order chi connectivity index (χ1) is 6.43. The lowest BCUT2D eigenvalue weighted by molar-refractivity contribution is -0.138. The molecule has 0 amide bonds. The van der Waals surface area contributed by atoms with Crippen molar-refractivity contribution in [3.05, 3.63) is 12.2 Å². The van der Waals surface area contributed by atoms with Crippen LogP contribution in [0.1, 0.15) is 20.3 Å². The molecule has 0 saturated carbocycles.